The van der Waals surface area contributed by atoms with E-state index in [1.165, 1.54) is 0 Å². The van der Waals surface area contributed by atoms with E-state index < -0.39 is 17.6 Å². The molecule has 1 aromatic rings. The molecule has 0 radical (unpaired) electrons. The molecule has 1 heterocycles. The fourth-order valence-corrected chi connectivity index (χ4v) is 1.80. The number of benzene rings is 1. The lowest BCUT2D eigenvalue weighted by molar-refractivity contribution is -0.138. The summed E-state index contributed by atoms with van der Waals surface area (Å²) < 4.78 is 51.2. The van der Waals surface area contributed by atoms with Gasteiger partial charge < -0.3 is 10.6 Å². The molecule has 1 aliphatic heterocycles. The zero-order valence-electron chi connectivity index (χ0n) is 10.4. The Hall–Kier alpha value is -1.06. The van der Waals surface area contributed by atoms with Crippen LogP contribution in [0.5, 0.6) is 0 Å². The first-order chi connectivity index (χ1) is 8.97. The Kier molecular flexibility index (Phi) is 6.03. The summed E-state index contributed by atoms with van der Waals surface area (Å²) in [6, 6.07) is 2.66. The lowest BCUT2D eigenvalue weighted by atomic mass is 10.1. The molecule has 0 saturated heterocycles. The van der Waals surface area contributed by atoms with Crippen molar-refractivity contribution in [2.45, 2.75) is 19.1 Å². The van der Waals surface area contributed by atoms with Crippen LogP contribution < -0.4 is 10.6 Å². The number of halogens is 5. The van der Waals surface area contributed by atoms with Crippen LogP contribution in [0.15, 0.2) is 23.2 Å². The van der Waals surface area contributed by atoms with Crippen molar-refractivity contribution in [3.8, 4) is 0 Å². The summed E-state index contributed by atoms with van der Waals surface area (Å²) >= 11 is 0. The van der Waals surface area contributed by atoms with Crippen LogP contribution in [-0.2, 0) is 12.7 Å². The van der Waals surface area contributed by atoms with E-state index in [0.717, 1.165) is 25.1 Å². The van der Waals surface area contributed by atoms with Gasteiger partial charge in [-0.1, -0.05) is 6.07 Å². The number of aliphatic imine (C=N–C) groups is 1. The molecule has 1 aliphatic rings. The lowest BCUT2D eigenvalue weighted by Crippen LogP contribution is -2.40. The Bertz CT molecular complexity index is 488. The average molecular weight is 403 g/mol. The molecule has 2 N–H and O–H groups in total. The van der Waals surface area contributed by atoms with Gasteiger partial charge in [0.2, 0.25) is 0 Å². The van der Waals surface area contributed by atoms with Crippen molar-refractivity contribution < 1.29 is 17.6 Å². The van der Waals surface area contributed by atoms with Crippen molar-refractivity contribution in [2.75, 3.05) is 13.1 Å². The minimum Gasteiger partial charge on any atom is -0.356 e. The fraction of sp³-hybridized carbons (Fsp3) is 0.417. The highest BCUT2D eigenvalue weighted by Gasteiger charge is 2.33. The molecule has 0 saturated carbocycles. The second kappa shape index (κ2) is 7.09. The second-order valence-corrected chi connectivity index (χ2v) is 4.16. The molecule has 3 nitrogen and oxygen atoms in total. The van der Waals surface area contributed by atoms with Crippen LogP contribution in [0, 0.1) is 5.82 Å². The molecular formula is C12H14F4IN3. The maximum absolute atomic E-state index is 12.9. The Labute approximate surface area is 130 Å². The number of alkyl halides is 3. The quantitative estimate of drug-likeness (QED) is 0.589. The van der Waals surface area contributed by atoms with Crippen molar-refractivity contribution >= 4 is 29.9 Å². The summed E-state index contributed by atoms with van der Waals surface area (Å²) in [5.41, 5.74) is -0.972. The SMILES string of the molecule is Fc1ccc(CNC2=NCCCN2)c(C(F)(F)F)c1.I. The van der Waals surface area contributed by atoms with Crippen molar-refractivity contribution in [3.63, 3.8) is 0 Å². The van der Waals surface area contributed by atoms with E-state index in [1.807, 2.05) is 0 Å². The van der Waals surface area contributed by atoms with Gasteiger partial charge in [0.05, 0.1) is 5.56 Å². The van der Waals surface area contributed by atoms with E-state index in [9.17, 15) is 17.6 Å². The van der Waals surface area contributed by atoms with Gasteiger partial charge in [0.25, 0.3) is 0 Å². The summed E-state index contributed by atoms with van der Waals surface area (Å²) in [5, 5.41) is 5.73. The smallest absolute Gasteiger partial charge is 0.356 e. The van der Waals surface area contributed by atoms with E-state index in [4.69, 9.17) is 0 Å². The van der Waals surface area contributed by atoms with Gasteiger partial charge in [-0.15, -0.1) is 24.0 Å². The molecule has 112 valence electrons. The van der Waals surface area contributed by atoms with Gasteiger partial charge >= 0.3 is 6.18 Å². The molecule has 2 rings (SSSR count). The van der Waals surface area contributed by atoms with Crippen LogP contribution in [0.4, 0.5) is 17.6 Å². The molecule has 20 heavy (non-hydrogen) atoms. The van der Waals surface area contributed by atoms with Crippen LogP contribution in [0.25, 0.3) is 0 Å². The Morgan fingerprint density at radius 3 is 2.65 bits per heavy atom. The molecule has 8 heteroatoms. The first-order valence-corrected chi connectivity index (χ1v) is 5.84. The van der Waals surface area contributed by atoms with Crippen LogP contribution in [0.2, 0.25) is 0 Å². The zero-order chi connectivity index (χ0) is 13.9. The van der Waals surface area contributed by atoms with E-state index in [-0.39, 0.29) is 36.1 Å². The first-order valence-electron chi connectivity index (χ1n) is 5.84. The van der Waals surface area contributed by atoms with Gasteiger partial charge in [0.15, 0.2) is 5.96 Å². The van der Waals surface area contributed by atoms with E-state index in [1.54, 1.807) is 0 Å². The van der Waals surface area contributed by atoms with E-state index in [2.05, 4.69) is 15.6 Å². The lowest BCUT2D eigenvalue weighted by Gasteiger charge is -2.18. The van der Waals surface area contributed by atoms with Gasteiger partial charge in [-0.3, -0.25) is 4.99 Å². The summed E-state index contributed by atoms with van der Waals surface area (Å²) in [4.78, 5) is 4.09. The van der Waals surface area contributed by atoms with Gasteiger partial charge in [-0.25, -0.2) is 4.39 Å². The average Bonchev–Trinajstić information content (AvgIpc) is 2.37. The van der Waals surface area contributed by atoms with Crippen LogP contribution in [0.3, 0.4) is 0 Å². The molecule has 1 aromatic carbocycles. The van der Waals surface area contributed by atoms with Crippen molar-refractivity contribution in [1.29, 1.82) is 0 Å². The maximum Gasteiger partial charge on any atom is 0.416 e. The Morgan fingerprint density at radius 2 is 2.05 bits per heavy atom. The highest BCUT2D eigenvalue weighted by atomic mass is 127. The fourth-order valence-electron chi connectivity index (χ4n) is 1.80. The summed E-state index contributed by atoms with van der Waals surface area (Å²) in [7, 11) is 0. The molecule has 0 bridgehead atoms. The molecule has 0 fully saturated rings. The topological polar surface area (TPSA) is 36.4 Å². The molecular weight excluding hydrogens is 389 g/mol. The van der Waals surface area contributed by atoms with Gasteiger partial charge in [-0.2, -0.15) is 13.2 Å². The Morgan fingerprint density at radius 1 is 1.30 bits per heavy atom. The molecule has 0 amide bonds. The van der Waals surface area contributed by atoms with Gasteiger partial charge in [0.1, 0.15) is 5.82 Å². The van der Waals surface area contributed by atoms with E-state index in [0.29, 0.717) is 18.6 Å². The first kappa shape index (κ1) is 17.0. The third-order valence-corrected chi connectivity index (χ3v) is 2.72. The predicted molar refractivity (Wildman–Crippen MR) is 78.6 cm³/mol. The highest BCUT2D eigenvalue weighted by molar-refractivity contribution is 14.0. The Balaban J connectivity index is 0.00000200. The van der Waals surface area contributed by atoms with Crippen molar-refractivity contribution in [1.82, 2.24) is 10.6 Å². The number of hydrogen-bond donors (Lipinski definition) is 2. The number of nitrogens with zero attached hydrogens (tertiary/aromatic N) is 1. The van der Waals surface area contributed by atoms with Crippen LogP contribution >= 0.6 is 24.0 Å². The van der Waals surface area contributed by atoms with Crippen molar-refractivity contribution in [3.05, 3.63) is 35.1 Å². The summed E-state index contributed by atoms with van der Waals surface area (Å²) in [6.45, 7) is 1.33. The number of guanidine groups is 1. The monoisotopic (exact) mass is 403 g/mol. The second-order valence-electron chi connectivity index (χ2n) is 4.16. The normalized spacial score (nSPS) is 14.9. The molecule has 0 atom stereocenters. The van der Waals surface area contributed by atoms with E-state index >= 15 is 0 Å². The highest BCUT2D eigenvalue weighted by Crippen LogP contribution is 2.32. The number of rotatable bonds is 2. The minimum atomic E-state index is -4.57. The largest absolute Gasteiger partial charge is 0.416 e. The van der Waals surface area contributed by atoms with Gasteiger partial charge in [-0.05, 0) is 24.1 Å². The molecule has 0 aromatic heterocycles. The van der Waals surface area contributed by atoms with Crippen LogP contribution in [0.1, 0.15) is 17.5 Å². The number of hydrogen-bond acceptors (Lipinski definition) is 3. The zero-order valence-corrected chi connectivity index (χ0v) is 12.8. The van der Waals surface area contributed by atoms with Crippen molar-refractivity contribution in [2.24, 2.45) is 4.99 Å². The standard InChI is InChI=1S/C12H13F4N3.HI/c13-9-3-2-8(10(6-9)12(14,15)16)7-19-11-17-4-1-5-18-11;/h2-3,6H,1,4-5,7H2,(H2,17,18,19);1H. The number of nitrogens with one attached hydrogen (secondary N) is 2. The molecule has 0 spiro atoms. The third kappa shape index (κ3) is 4.50. The summed E-state index contributed by atoms with van der Waals surface area (Å²) in [5.74, 6) is -0.423. The van der Waals surface area contributed by atoms with Gasteiger partial charge in [0, 0.05) is 19.6 Å². The van der Waals surface area contributed by atoms with Crippen LogP contribution in [-0.4, -0.2) is 19.0 Å². The molecule has 0 aliphatic carbocycles. The molecule has 0 unspecified atom stereocenters. The third-order valence-electron chi connectivity index (χ3n) is 2.72. The maximum atomic E-state index is 12.9. The minimum absolute atomic E-state index is 0. The predicted octanol–water partition coefficient (Wildman–Crippen LogP) is 2.90. The summed E-state index contributed by atoms with van der Waals surface area (Å²) in [6.07, 6.45) is -3.67.